The summed E-state index contributed by atoms with van der Waals surface area (Å²) in [4.78, 5) is 48.9. The molecule has 0 saturated heterocycles. The molecular weight excluding hydrogens is 534 g/mol. The molecule has 2 N–H and O–H groups in total. The summed E-state index contributed by atoms with van der Waals surface area (Å²) in [7, 11) is 0. The van der Waals surface area contributed by atoms with Gasteiger partial charge in [-0.3, -0.25) is 9.59 Å². The minimum atomic E-state index is -1.13. The molecule has 11 heteroatoms. The normalized spacial score (nSPS) is 14.5. The Balaban J connectivity index is 3.07. The molecule has 0 amide bonds. The molecule has 0 aliphatic carbocycles. The maximum Gasteiger partial charge on any atom is 0.514 e. The number of hydrogen-bond donors (Lipinski definition) is 2. The number of nitrogens with one attached hydrogen (secondary N) is 1. The van der Waals surface area contributed by atoms with Crippen molar-refractivity contribution in [2.75, 3.05) is 6.54 Å². The van der Waals surface area contributed by atoms with Crippen molar-refractivity contribution < 1.29 is 48.0 Å². The highest BCUT2D eigenvalue weighted by Crippen LogP contribution is 2.30. The molecule has 11 nitrogen and oxygen atoms in total. The standard InChI is InChI=1S/C30H47NO10/c1-17(2)20(6)38-28(35)40-24-12-11-22(14-25(24)41-29(36)39-21(7)18(3)4)13-23(27(33)34)31-16-19(5)37-26(32)15-30(8,9)10/h11-12,14,17-21,23,31H,13,15-16H2,1-10H3,(H,33,34)/t19?,20?,21?,23-/m0/s1. The van der Waals surface area contributed by atoms with Crippen LogP contribution >= 0.6 is 0 Å². The number of carbonyl (C=O) groups excluding carboxylic acids is 3. The Morgan fingerprint density at radius 3 is 1.78 bits per heavy atom. The van der Waals surface area contributed by atoms with Gasteiger partial charge in [-0.2, -0.15) is 0 Å². The molecule has 0 heterocycles. The zero-order chi connectivity index (χ0) is 31.5. The lowest BCUT2D eigenvalue weighted by Crippen LogP contribution is -2.42. The molecule has 232 valence electrons. The fraction of sp³-hybridized carbons (Fsp3) is 0.667. The molecule has 0 aliphatic heterocycles. The summed E-state index contributed by atoms with van der Waals surface area (Å²) >= 11 is 0. The van der Waals surface area contributed by atoms with Crippen LogP contribution in [0, 0.1) is 17.3 Å². The van der Waals surface area contributed by atoms with E-state index in [4.69, 9.17) is 23.7 Å². The molecule has 0 bridgehead atoms. The molecule has 0 aliphatic rings. The molecule has 1 rings (SSSR count). The lowest BCUT2D eigenvalue weighted by atomic mass is 9.92. The van der Waals surface area contributed by atoms with E-state index in [0.29, 0.717) is 5.56 Å². The third-order valence-electron chi connectivity index (χ3n) is 6.23. The summed E-state index contributed by atoms with van der Waals surface area (Å²) in [5.74, 6) is -1.63. The highest BCUT2D eigenvalue weighted by molar-refractivity contribution is 5.74. The lowest BCUT2D eigenvalue weighted by molar-refractivity contribution is -0.150. The number of carbonyl (C=O) groups is 4. The van der Waals surface area contributed by atoms with E-state index in [-0.39, 0.29) is 54.1 Å². The summed E-state index contributed by atoms with van der Waals surface area (Å²) in [6.45, 7) is 18.5. The molecule has 0 fully saturated rings. The van der Waals surface area contributed by atoms with Crippen LogP contribution in [0.1, 0.15) is 81.2 Å². The van der Waals surface area contributed by atoms with Crippen LogP contribution in [0.2, 0.25) is 0 Å². The van der Waals surface area contributed by atoms with Crippen LogP contribution in [0.5, 0.6) is 11.5 Å². The van der Waals surface area contributed by atoms with Crippen LogP contribution in [-0.4, -0.2) is 60.3 Å². The minimum Gasteiger partial charge on any atom is -0.480 e. The van der Waals surface area contributed by atoms with Crippen molar-refractivity contribution in [2.45, 2.75) is 106 Å². The van der Waals surface area contributed by atoms with Gasteiger partial charge >= 0.3 is 24.2 Å². The second-order valence-electron chi connectivity index (χ2n) is 12.2. The number of rotatable bonds is 14. The maximum atomic E-state index is 12.5. The molecule has 1 aromatic carbocycles. The summed E-state index contributed by atoms with van der Waals surface area (Å²) in [6.07, 6.45) is -3.17. The van der Waals surface area contributed by atoms with Crippen LogP contribution in [0.15, 0.2) is 18.2 Å². The molecule has 0 saturated carbocycles. The number of benzene rings is 1. The lowest BCUT2D eigenvalue weighted by Gasteiger charge is -2.22. The van der Waals surface area contributed by atoms with E-state index in [0.717, 1.165) is 0 Å². The van der Waals surface area contributed by atoms with Gasteiger partial charge in [-0.25, -0.2) is 9.59 Å². The molecule has 41 heavy (non-hydrogen) atoms. The quantitative estimate of drug-likeness (QED) is 0.157. The van der Waals surface area contributed by atoms with Crippen molar-refractivity contribution in [3.63, 3.8) is 0 Å². The van der Waals surface area contributed by atoms with Crippen molar-refractivity contribution >= 4 is 24.2 Å². The van der Waals surface area contributed by atoms with Crippen LogP contribution in [0.3, 0.4) is 0 Å². The Labute approximate surface area is 243 Å². The van der Waals surface area contributed by atoms with Crippen molar-refractivity contribution in [2.24, 2.45) is 17.3 Å². The summed E-state index contributed by atoms with van der Waals surface area (Å²) in [6, 6.07) is 3.29. The van der Waals surface area contributed by atoms with E-state index < -0.39 is 42.6 Å². The molecule has 3 unspecified atom stereocenters. The molecule has 0 radical (unpaired) electrons. The van der Waals surface area contributed by atoms with Gasteiger partial charge < -0.3 is 34.1 Å². The van der Waals surface area contributed by atoms with Gasteiger partial charge in [0.15, 0.2) is 11.5 Å². The van der Waals surface area contributed by atoms with E-state index in [1.807, 2.05) is 48.5 Å². The molecule has 0 spiro atoms. The average molecular weight is 582 g/mol. The minimum absolute atomic E-state index is 0.0130. The van der Waals surface area contributed by atoms with Crippen molar-refractivity contribution in [3.05, 3.63) is 23.8 Å². The monoisotopic (exact) mass is 581 g/mol. The third-order valence-corrected chi connectivity index (χ3v) is 6.23. The molecule has 1 aromatic rings. The van der Waals surface area contributed by atoms with E-state index in [1.54, 1.807) is 26.8 Å². The number of carboxylic acid groups (broad SMARTS) is 1. The van der Waals surface area contributed by atoms with Crippen LogP contribution in [0.4, 0.5) is 9.59 Å². The molecule has 4 atom stereocenters. The number of ether oxygens (including phenoxy) is 5. The van der Waals surface area contributed by atoms with E-state index in [2.05, 4.69) is 5.32 Å². The Kier molecular flexibility index (Phi) is 14.1. The van der Waals surface area contributed by atoms with E-state index >= 15 is 0 Å². The highest BCUT2D eigenvalue weighted by Gasteiger charge is 2.24. The van der Waals surface area contributed by atoms with Gasteiger partial charge in [0.2, 0.25) is 0 Å². The SMILES string of the molecule is CC(CN[C@@H](Cc1ccc(OC(=O)OC(C)C(C)C)c(OC(=O)OC(C)C(C)C)c1)C(=O)O)OC(=O)CC(C)(C)C. The molecule has 0 aromatic heterocycles. The van der Waals surface area contributed by atoms with Crippen LogP contribution in [0.25, 0.3) is 0 Å². The first kappa shape index (κ1) is 35.7. The predicted molar refractivity (Wildman–Crippen MR) is 152 cm³/mol. The van der Waals surface area contributed by atoms with Crippen LogP contribution in [-0.2, 0) is 30.2 Å². The van der Waals surface area contributed by atoms with Gasteiger partial charge in [0.05, 0.1) is 6.42 Å². The van der Waals surface area contributed by atoms with Crippen LogP contribution < -0.4 is 14.8 Å². The Hall–Kier alpha value is -3.34. The zero-order valence-corrected chi connectivity index (χ0v) is 25.9. The second kappa shape index (κ2) is 16.2. The van der Waals surface area contributed by atoms with Crippen molar-refractivity contribution in [3.8, 4) is 11.5 Å². The van der Waals surface area contributed by atoms with E-state index in [9.17, 15) is 24.3 Å². The Morgan fingerprint density at radius 2 is 1.32 bits per heavy atom. The third kappa shape index (κ3) is 14.2. The second-order valence-corrected chi connectivity index (χ2v) is 12.2. The fourth-order valence-electron chi connectivity index (χ4n) is 3.18. The van der Waals surface area contributed by atoms with Crippen molar-refractivity contribution in [1.82, 2.24) is 5.32 Å². The van der Waals surface area contributed by atoms with Gasteiger partial charge in [-0.1, -0.05) is 54.5 Å². The first-order valence-electron chi connectivity index (χ1n) is 13.9. The largest absolute Gasteiger partial charge is 0.514 e. The highest BCUT2D eigenvalue weighted by atomic mass is 16.7. The number of hydrogen-bond acceptors (Lipinski definition) is 10. The topological polar surface area (TPSA) is 147 Å². The maximum absolute atomic E-state index is 12.5. The van der Waals surface area contributed by atoms with E-state index in [1.165, 1.54) is 12.1 Å². The smallest absolute Gasteiger partial charge is 0.480 e. The summed E-state index contributed by atoms with van der Waals surface area (Å²) in [5, 5.41) is 12.7. The van der Waals surface area contributed by atoms with Gasteiger partial charge in [0, 0.05) is 6.54 Å². The number of aliphatic carboxylic acids is 1. The predicted octanol–water partition coefficient (Wildman–Crippen LogP) is 5.76. The fourth-order valence-corrected chi connectivity index (χ4v) is 3.18. The van der Waals surface area contributed by atoms with Gasteiger partial charge in [0.1, 0.15) is 24.4 Å². The molecular formula is C30H47NO10. The number of esters is 1. The Morgan fingerprint density at radius 1 is 0.805 bits per heavy atom. The first-order valence-corrected chi connectivity index (χ1v) is 13.9. The van der Waals surface area contributed by atoms with Crippen molar-refractivity contribution in [1.29, 1.82) is 0 Å². The Bertz CT molecular complexity index is 1030. The zero-order valence-electron chi connectivity index (χ0n) is 25.9. The first-order chi connectivity index (χ1) is 18.9. The average Bonchev–Trinajstić information content (AvgIpc) is 2.81. The summed E-state index contributed by atoms with van der Waals surface area (Å²) < 4.78 is 26.6. The summed E-state index contributed by atoms with van der Waals surface area (Å²) in [5.41, 5.74) is 0.241. The van der Waals surface area contributed by atoms with Gasteiger partial charge in [-0.15, -0.1) is 0 Å². The van der Waals surface area contributed by atoms with Gasteiger partial charge in [-0.05, 0) is 62.1 Å². The van der Waals surface area contributed by atoms with Gasteiger partial charge in [0.25, 0.3) is 0 Å². The number of carboxylic acids is 1.